The summed E-state index contributed by atoms with van der Waals surface area (Å²) in [7, 11) is 0. The van der Waals surface area contributed by atoms with E-state index in [0.29, 0.717) is 16.9 Å². The van der Waals surface area contributed by atoms with E-state index < -0.39 is 0 Å². The molecule has 0 amide bonds. The fraction of sp³-hybridized carbons (Fsp3) is 0.500. The van der Waals surface area contributed by atoms with Crippen molar-refractivity contribution in [2.24, 2.45) is 0 Å². The molecule has 0 bridgehead atoms. The Bertz CT molecular complexity index is 1050. The summed E-state index contributed by atoms with van der Waals surface area (Å²) < 4.78 is 0. The monoisotopic (exact) mass is 535 g/mol. The molecule has 3 rings (SSSR count). The van der Waals surface area contributed by atoms with Gasteiger partial charge in [-0.25, -0.2) is 4.98 Å². The Labute approximate surface area is 234 Å². The van der Waals surface area contributed by atoms with Crippen molar-refractivity contribution in [2.45, 2.75) is 103 Å². The number of hydrogen-bond donors (Lipinski definition) is 2. The summed E-state index contributed by atoms with van der Waals surface area (Å²) in [5.74, 6) is 1.77. The largest absolute Gasteiger partial charge is 0.332 e. The SMILES string of the molecule is CCCCCCCCCC(c1nc(NC(=S)Nc2ccccc2CC)cs1)C(CCC)c1ccccc1. The molecule has 0 saturated carbocycles. The van der Waals surface area contributed by atoms with E-state index in [1.807, 2.05) is 6.07 Å². The molecule has 2 aromatic carbocycles. The van der Waals surface area contributed by atoms with Gasteiger partial charge in [-0.1, -0.05) is 121 Å². The summed E-state index contributed by atoms with van der Waals surface area (Å²) in [5.41, 5.74) is 3.75. The lowest BCUT2D eigenvalue weighted by Crippen LogP contribution is -2.20. The van der Waals surface area contributed by atoms with Gasteiger partial charge in [-0.05, 0) is 54.6 Å². The Morgan fingerprint density at radius 2 is 1.49 bits per heavy atom. The molecular weight excluding hydrogens is 491 g/mol. The first kappa shape index (κ1) is 29.3. The van der Waals surface area contributed by atoms with Gasteiger partial charge in [0.1, 0.15) is 5.82 Å². The molecule has 0 radical (unpaired) electrons. The minimum Gasteiger partial charge on any atom is -0.332 e. The maximum atomic E-state index is 5.64. The average Bonchev–Trinajstić information content (AvgIpc) is 3.38. The van der Waals surface area contributed by atoms with Crippen molar-refractivity contribution in [1.29, 1.82) is 0 Å². The van der Waals surface area contributed by atoms with E-state index in [9.17, 15) is 0 Å². The van der Waals surface area contributed by atoms with E-state index in [-0.39, 0.29) is 0 Å². The second-order valence-corrected chi connectivity index (χ2v) is 11.3. The van der Waals surface area contributed by atoms with E-state index >= 15 is 0 Å². The van der Waals surface area contributed by atoms with Gasteiger partial charge in [0, 0.05) is 17.0 Å². The van der Waals surface area contributed by atoms with Crippen LogP contribution in [0.4, 0.5) is 11.5 Å². The van der Waals surface area contributed by atoms with Gasteiger partial charge in [-0.15, -0.1) is 11.3 Å². The van der Waals surface area contributed by atoms with Gasteiger partial charge in [0.25, 0.3) is 0 Å². The Kier molecular flexibility index (Phi) is 13.1. The molecule has 0 aliphatic carbocycles. The molecular formula is C32H45N3S2. The van der Waals surface area contributed by atoms with E-state index in [2.05, 4.69) is 85.3 Å². The van der Waals surface area contributed by atoms with Crippen molar-refractivity contribution in [3.05, 3.63) is 76.1 Å². The number of hydrogen-bond acceptors (Lipinski definition) is 3. The highest BCUT2D eigenvalue weighted by Gasteiger charge is 2.26. The van der Waals surface area contributed by atoms with E-state index in [1.165, 1.54) is 80.3 Å². The number of nitrogens with one attached hydrogen (secondary N) is 2. The highest BCUT2D eigenvalue weighted by atomic mass is 32.1. The fourth-order valence-corrected chi connectivity index (χ4v) is 6.33. The number of para-hydroxylation sites is 1. The van der Waals surface area contributed by atoms with Crippen LogP contribution in [0.1, 0.15) is 113 Å². The van der Waals surface area contributed by atoms with Crippen molar-refractivity contribution in [3.63, 3.8) is 0 Å². The minimum absolute atomic E-state index is 0.431. The van der Waals surface area contributed by atoms with Crippen molar-refractivity contribution in [3.8, 4) is 0 Å². The van der Waals surface area contributed by atoms with Gasteiger partial charge in [0.2, 0.25) is 0 Å². The Morgan fingerprint density at radius 3 is 2.22 bits per heavy atom. The Morgan fingerprint density at radius 1 is 0.784 bits per heavy atom. The van der Waals surface area contributed by atoms with E-state index in [4.69, 9.17) is 17.2 Å². The molecule has 1 heterocycles. The normalized spacial score (nSPS) is 12.7. The maximum Gasteiger partial charge on any atom is 0.176 e. The Hall–Kier alpha value is -2.24. The lowest BCUT2D eigenvalue weighted by Gasteiger charge is -2.26. The van der Waals surface area contributed by atoms with Crippen molar-refractivity contribution < 1.29 is 0 Å². The van der Waals surface area contributed by atoms with Gasteiger partial charge in [-0.3, -0.25) is 0 Å². The fourth-order valence-electron chi connectivity index (χ4n) is 5.17. The average molecular weight is 536 g/mol. The first-order valence-corrected chi connectivity index (χ1v) is 15.6. The molecule has 1 aromatic heterocycles. The molecule has 2 N–H and O–H groups in total. The standard InChI is InChI=1S/C32H45N3S2/c1-4-7-8-9-10-11-15-22-28(27(18-5-2)26-20-13-12-14-21-26)31-34-30(24-37-31)35-32(36)33-29-23-17-16-19-25(29)6-3/h12-14,16-17,19-21,23-24,27-28H,4-11,15,18,22H2,1-3H3,(H2,33,35,36). The van der Waals surface area contributed by atoms with Crippen LogP contribution in [0.15, 0.2) is 60.0 Å². The van der Waals surface area contributed by atoms with Crippen molar-refractivity contribution in [1.82, 2.24) is 4.98 Å². The van der Waals surface area contributed by atoms with Gasteiger partial charge < -0.3 is 10.6 Å². The van der Waals surface area contributed by atoms with Crippen molar-refractivity contribution >= 4 is 40.2 Å². The number of anilines is 2. The summed E-state index contributed by atoms with van der Waals surface area (Å²) in [6.45, 7) is 6.74. The van der Waals surface area contributed by atoms with Crippen LogP contribution in [0.5, 0.6) is 0 Å². The second-order valence-electron chi connectivity index (χ2n) is 9.98. The molecule has 0 fully saturated rings. The molecule has 2 unspecified atom stereocenters. The highest BCUT2D eigenvalue weighted by Crippen LogP contribution is 2.41. The third-order valence-electron chi connectivity index (χ3n) is 7.16. The molecule has 0 aliphatic heterocycles. The van der Waals surface area contributed by atoms with Crippen LogP contribution in [-0.2, 0) is 6.42 Å². The van der Waals surface area contributed by atoms with Crippen LogP contribution in [0.2, 0.25) is 0 Å². The zero-order valence-electron chi connectivity index (χ0n) is 23.0. The number of rotatable bonds is 16. The zero-order chi connectivity index (χ0) is 26.3. The summed E-state index contributed by atoms with van der Waals surface area (Å²) in [4.78, 5) is 5.08. The molecule has 0 saturated heterocycles. The molecule has 3 nitrogen and oxygen atoms in total. The van der Waals surface area contributed by atoms with E-state index in [0.717, 1.165) is 17.9 Å². The summed E-state index contributed by atoms with van der Waals surface area (Å²) >= 11 is 7.42. The van der Waals surface area contributed by atoms with Crippen LogP contribution < -0.4 is 10.6 Å². The molecule has 0 spiro atoms. The molecule has 0 aliphatic rings. The van der Waals surface area contributed by atoms with Crippen LogP contribution in [0, 0.1) is 0 Å². The highest BCUT2D eigenvalue weighted by molar-refractivity contribution is 7.80. The second kappa shape index (κ2) is 16.6. The smallest absolute Gasteiger partial charge is 0.176 e. The number of thiocarbonyl (C=S) groups is 1. The maximum absolute atomic E-state index is 5.64. The van der Waals surface area contributed by atoms with Gasteiger partial charge >= 0.3 is 0 Å². The summed E-state index contributed by atoms with van der Waals surface area (Å²) in [6, 6.07) is 19.4. The summed E-state index contributed by atoms with van der Waals surface area (Å²) in [5, 5.41) is 10.7. The number of thiazole rings is 1. The molecule has 200 valence electrons. The predicted molar refractivity (Wildman–Crippen MR) is 167 cm³/mol. The van der Waals surface area contributed by atoms with Crippen LogP contribution in [-0.4, -0.2) is 10.1 Å². The summed E-state index contributed by atoms with van der Waals surface area (Å²) in [6.07, 6.45) is 13.9. The first-order chi connectivity index (χ1) is 18.2. The van der Waals surface area contributed by atoms with Crippen molar-refractivity contribution in [2.75, 3.05) is 10.6 Å². The van der Waals surface area contributed by atoms with Gasteiger partial charge in [-0.2, -0.15) is 0 Å². The molecule has 37 heavy (non-hydrogen) atoms. The van der Waals surface area contributed by atoms with Crippen LogP contribution >= 0.6 is 23.6 Å². The number of nitrogens with zero attached hydrogens (tertiary/aromatic N) is 1. The van der Waals surface area contributed by atoms with E-state index in [1.54, 1.807) is 11.3 Å². The third-order valence-corrected chi connectivity index (χ3v) is 8.34. The number of benzene rings is 2. The quantitative estimate of drug-likeness (QED) is 0.141. The molecule has 3 aromatic rings. The number of aryl methyl sites for hydroxylation is 1. The Balaban J connectivity index is 1.70. The number of aromatic nitrogens is 1. The van der Waals surface area contributed by atoms with Gasteiger partial charge in [0.05, 0.1) is 5.01 Å². The van der Waals surface area contributed by atoms with Gasteiger partial charge in [0.15, 0.2) is 5.11 Å². The minimum atomic E-state index is 0.431. The van der Waals surface area contributed by atoms with Crippen LogP contribution in [0.3, 0.4) is 0 Å². The zero-order valence-corrected chi connectivity index (χ0v) is 24.6. The topological polar surface area (TPSA) is 37.0 Å². The lowest BCUT2D eigenvalue weighted by molar-refractivity contribution is 0.446. The third kappa shape index (κ3) is 9.54. The first-order valence-electron chi connectivity index (χ1n) is 14.3. The number of unbranched alkanes of at least 4 members (excludes halogenated alkanes) is 6. The predicted octanol–water partition coefficient (Wildman–Crippen LogP) is 10.3. The van der Waals surface area contributed by atoms with Crippen LogP contribution in [0.25, 0.3) is 0 Å². The molecule has 2 atom stereocenters. The lowest BCUT2D eigenvalue weighted by atomic mass is 9.80. The molecule has 5 heteroatoms.